The fourth-order valence-corrected chi connectivity index (χ4v) is 4.04. The molecule has 0 aromatic carbocycles. The lowest BCUT2D eigenvalue weighted by atomic mass is 9.96. The number of carbonyl (C=O) groups excluding carboxylic acids is 1. The number of carbonyl (C=O) groups is 1. The maximum absolute atomic E-state index is 14.0. The standard InChI is InChI=1S/C17H24FN3O3/c18-12-9-15(17(22)20-5-7-23-8-6-20)21(10-12)11-14-13-3-1-2-4-16(13)24-19-14/h12,15H,1-11H2/t12-,15+/m1/s1. The minimum atomic E-state index is -0.956. The van der Waals surface area contributed by atoms with Crippen LogP contribution in [0.15, 0.2) is 4.52 Å². The van der Waals surface area contributed by atoms with Gasteiger partial charge in [0.2, 0.25) is 5.91 Å². The number of ether oxygens (including phenoxy) is 1. The highest BCUT2D eigenvalue weighted by Crippen LogP contribution is 2.29. The number of alkyl halides is 1. The van der Waals surface area contributed by atoms with Crippen molar-refractivity contribution in [1.29, 1.82) is 0 Å². The van der Waals surface area contributed by atoms with E-state index in [-0.39, 0.29) is 12.3 Å². The molecule has 1 aromatic rings. The first kappa shape index (κ1) is 16.0. The van der Waals surface area contributed by atoms with Gasteiger partial charge in [0.15, 0.2) is 0 Å². The highest BCUT2D eigenvalue weighted by molar-refractivity contribution is 5.82. The van der Waals surface area contributed by atoms with Gasteiger partial charge in [0.05, 0.1) is 19.3 Å². The van der Waals surface area contributed by atoms with Crippen LogP contribution in [0.2, 0.25) is 0 Å². The Hall–Kier alpha value is -1.47. The third-order valence-electron chi connectivity index (χ3n) is 5.34. The summed E-state index contributed by atoms with van der Waals surface area (Å²) in [5.41, 5.74) is 2.07. The van der Waals surface area contributed by atoms with Gasteiger partial charge in [-0.25, -0.2) is 4.39 Å². The first-order valence-electron chi connectivity index (χ1n) is 8.93. The summed E-state index contributed by atoms with van der Waals surface area (Å²) in [5.74, 6) is 0.999. The number of halogens is 1. The van der Waals surface area contributed by atoms with E-state index in [1.54, 1.807) is 4.90 Å². The lowest BCUT2D eigenvalue weighted by molar-refractivity contribution is -0.140. The Bertz CT molecular complexity index is 600. The Labute approximate surface area is 140 Å². The molecule has 3 aliphatic rings. The summed E-state index contributed by atoms with van der Waals surface area (Å²) in [6, 6.07) is -0.394. The molecule has 2 saturated heterocycles. The van der Waals surface area contributed by atoms with Crippen molar-refractivity contribution in [3.05, 3.63) is 17.0 Å². The number of aryl methyl sites for hydroxylation is 1. The van der Waals surface area contributed by atoms with Gasteiger partial charge in [-0.05, 0) is 19.3 Å². The highest BCUT2D eigenvalue weighted by atomic mass is 19.1. The monoisotopic (exact) mass is 337 g/mol. The Morgan fingerprint density at radius 3 is 2.88 bits per heavy atom. The number of likely N-dealkylation sites (tertiary alicyclic amines) is 1. The van der Waals surface area contributed by atoms with Gasteiger partial charge in [-0.1, -0.05) is 5.16 Å². The number of nitrogens with zero attached hydrogens (tertiary/aromatic N) is 3. The summed E-state index contributed by atoms with van der Waals surface area (Å²) in [6.07, 6.45) is 3.51. The minimum Gasteiger partial charge on any atom is -0.378 e. The molecule has 1 amide bonds. The molecule has 0 radical (unpaired) electrons. The van der Waals surface area contributed by atoms with Gasteiger partial charge in [-0.3, -0.25) is 9.69 Å². The molecule has 3 heterocycles. The van der Waals surface area contributed by atoms with Crippen LogP contribution >= 0.6 is 0 Å². The molecule has 0 N–H and O–H groups in total. The normalized spacial score (nSPS) is 28.1. The fraction of sp³-hybridized carbons (Fsp3) is 0.765. The zero-order chi connectivity index (χ0) is 16.5. The van der Waals surface area contributed by atoms with Crippen molar-refractivity contribution >= 4 is 5.91 Å². The van der Waals surface area contributed by atoms with Gasteiger partial charge in [-0.15, -0.1) is 0 Å². The minimum absolute atomic E-state index is 0.0239. The second kappa shape index (κ2) is 6.80. The largest absolute Gasteiger partial charge is 0.378 e. The van der Waals surface area contributed by atoms with Crippen molar-refractivity contribution < 1.29 is 18.4 Å². The van der Waals surface area contributed by atoms with Crippen molar-refractivity contribution in [3.63, 3.8) is 0 Å². The van der Waals surface area contributed by atoms with Crippen LogP contribution in [0.25, 0.3) is 0 Å². The number of amides is 1. The fourth-order valence-electron chi connectivity index (χ4n) is 4.04. The number of aromatic nitrogens is 1. The molecule has 0 bridgehead atoms. The quantitative estimate of drug-likeness (QED) is 0.833. The Morgan fingerprint density at radius 1 is 1.25 bits per heavy atom. The molecular weight excluding hydrogens is 313 g/mol. The first-order valence-corrected chi connectivity index (χ1v) is 8.93. The Morgan fingerprint density at radius 2 is 2.04 bits per heavy atom. The van der Waals surface area contributed by atoms with Crippen LogP contribution in [0, 0.1) is 0 Å². The van der Waals surface area contributed by atoms with E-state index >= 15 is 0 Å². The summed E-state index contributed by atoms with van der Waals surface area (Å²) in [4.78, 5) is 16.5. The summed E-state index contributed by atoms with van der Waals surface area (Å²) in [5, 5.41) is 4.21. The zero-order valence-electron chi connectivity index (χ0n) is 13.9. The number of hydrogen-bond donors (Lipinski definition) is 0. The number of fused-ring (bicyclic) bond motifs is 1. The number of rotatable bonds is 3. The summed E-state index contributed by atoms with van der Waals surface area (Å²) < 4.78 is 24.8. The third kappa shape index (κ3) is 3.07. The average molecular weight is 337 g/mol. The molecule has 4 rings (SSSR count). The third-order valence-corrected chi connectivity index (χ3v) is 5.34. The number of hydrogen-bond acceptors (Lipinski definition) is 5. The molecule has 132 valence electrons. The summed E-state index contributed by atoms with van der Waals surface area (Å²) >= 11 is 0. The second-order valence-corrected chi connectivity index (χ2v) is 6.95. The SMILES string of the molecule is O=C([C@@H]1C[C@@H](F)CN1Cc1noc2c1CCCC2)N1CCOCC1. The smallest absolute Gasteiger partial charge is 0.240 e. The van der Waals surface area contributed by atoms with Gasteiger partial charge < -0.3 is 14.2 Å². The van der Waals surface area contributed by atoms with Crippen molar-refractivity contribution in [1.82, 2.24) is 15.0 Å². The van der Waals surface area contributed by atoms with E-state index in [0.29, 0.717) is 39.4 Å². The van der Waals surface area contributed by atoms with Crippen LogP contribution in [0.3, 0.4) is 0 Å². The van der Waals surface area contributed by atoms with E-state index in [9.17, 15) is 9.18 Å². The van der Waals surface area contributed by atoms with E-state index < -0.39 is 12.2 Å². The Balaban J connectivity index is 1.48. The van der Waals surface area contributed by atoms with Gasteiger partial charge in [0.25, 0.3) is 0 Å². The van der Waals surface area contributed by atoms with E-state index in [4.69, 9.17) is 9.26 Å². The molecule has 6 nitrogen and oxygen atoms in total. The molecule has 0 unspecified atom stereocenters. The molecule has 2 fully saturated rings. The van der Waals surface area contributed by atoms with Crippen LogP contribution in [0.4, 0.5) is 4.39 Å². The van der Waals surface area contributed by atoms with E-state index in [0.717, 1.165) is 37.1 Å². The van der Waals surface area contributed by atoms with E-state index in [2.05, 4.69) is 5.16 Å². The number of morpholine rings is 1. The second-order valence-electron chi connectivity index (χ2n) is 6.95. The van der Waals surface area contributed by atoms with Crippen molar-refractivity contribution in [2.24, 2.45) is 0 Å². The molecule has 2 atom stereocenters. The van der Waals surface area contributed by atoms with Crippen LogP contribution in [0.1, 0.15) is 36.3 Å². The zero-order valence-corrected chi connectivity index (χ0v) is 13.9. The van der Waals surface area contributed by atoms with Gasteiger partial charge in [-0.2, -0.15) is 0 Å². The molecule has 0 spiro atoms. The van der Waals surface area contributed by atoms with E-state index in [1.165, 1.54) is 5.56 Å². The summed E-state index contributed by atoms with van der Waals surface area (Å²) in [7, 11) is 0. The molecule has 0 saturated carbocycles. The van der Waals surface area contributed by atoms with Crippen molar-refractivity contribution in [3.8, 4) is 0 Å². The lowest BCUT2D eigenvalue weighted by Gasteiger charge is -2.32. The van der Waals surface area contributed by atoms with Crippen molar-refractivity contribution in [2.45, 2.75) is 50.9 Å². The van der Waals surface area contributed by atoms with Crippen LogP contribution in [-0.4, -0.2) is 65.9 Å². The average Bonchev–Trinajstić information content (AvgIpc) is 3.19. The van der Waals surface area contributed by atoms with Gasteiger partial charge in [0, 0.05) is 44.6 Å². The highest BCUT2D eigenvalue weighted by Gasteiger charge is 2.40. The molecule has 2 aliphatic heterocycles. The topological polar surface area (TPSA) is 58.8 Å². The molecule has 7 heteroatoms. The predicted octanol–water partition coefficient (Wildman–Crippen LogP) is 1.32. The van der Waals surface area contributed by atoms with Crippen LogP contribution in [-0.2, 0) is 28.9 Å². The lowest BCUT2D eigenvalue weighted by Crippen LogP contribution is -2.49. The molecule has 1 aliphatic carbocycles. The van der Waals surface area contributed by atoms with E-state index in [1.807, 2.05) is 4.90 Å². The predicted molar refractivity (Wildman–Crippen MR) is 84.3 cm³/mol. The van der Waals surface area contributed by atoms with Crippen LogP contribution in [0.5, 0.6) is 0 Å². The maximum atomic E-state index is 14.0. The Kier molecular flexibility index (Phi) is 4.54. The summed E-state index contributed by atoms with van der Waals surface area (Å²) in [6.45, 7) is 3.12. The molecule has 24 heavy (non-hydrogen) atoms. The van der Waals surface area contributed by atoms with Crippen molar-refractivity contribution in [2.75, 3.05) is 32.8 Å². The maximum Gasteiger partial charge on any atom is 0.240 e. The van der Waals surface area contributed by atoms with Crippen LogP contribution < -0.4 is 0 Å². The van der Waals surface area contributed by atoms with Gasteiger partial charge in [0.1, 0.15) is 17.6 Å². The van der Waals surface area contributed by atoms with Gasteiger partial charge >= 0.3 is 0 Å². The first-order chi connectivity index (χ1) is 11.7. The molecular formula is C17H24FN3O3. The molecule has 1 aromatic heterocycles.